The summed E-state index contributed by atoms with van der Waals surface area (Å²) in [6.45, 7) is 7.95. The van der Waals surface area contributed by atoms with Crippen LogP contribution in [0.3, 0.4) is 0 Å². The molecule has 0 spiro atoms. The largest absolute Gasteiger partial charge is 0.494 e. The van der Waals surface area contributed by atoms with Crippen molar-refractivity contribution < 1.29 is 14.3 Å². The zero-order chi connectivity index (χ0) is 19.6. The molecular formula is C21H27N3O3. The van der Waals surface area contributed by atoms with Crippen LogP contribution in [0.5, 0.6) is 5.75 Å². The Hall–Kier alpha value is -3.02. The standard InChI is InChI=1S/C21H27N3O3/c1-4-24(5-2)21(26)16-7-9-17(10-8-16)22-15-20(25)23-18-11-13-19(14-12-18)27-6-3/h7-14,22H,4-6,15H2,1-3H3,(H,23,25). The molecule has 2 rings (SSSR count). The van der Waals surface area contributed by atoms with E-state index in [-0.39, 0.29) is 18.4 Å². The van der Waals surface area contributed by atoms with Crippen molar-refractivity contribution in [1.82, 2.24) is 4.90 Å². The van der Waals surface area contributed by atoms with E-state index < -0.39 is 0 Å². The lowest BCUT2D eigenvalue weighted by Gasteiger charge is -2.18. The number of nitrogens with zero attached hydrogens (tertiary/aromatic N) is 1. The van der Waals surface area contributed by atoms with Gasteiger partial charge in [0.05, 0.1) is 13.2 Å². The molecule has 6 heteroatoms. The van der Waals surface area contributed by atoms with Crippen molar-refractivity contribution in [2.24, 2.45) is 0 Å². The third-order valence-electron chi connectivity index (χ3n) is 4.08. The summed E-state index contributed by atoms with van der Waals surface area (Å²) in [5.41, 5.74) is 2.14. The molecule has 2 aromatic rings. The zero-order valence-corrected chi connectivity index (χ0v) is 16.1. The summed E-state index contributed by atoms with van der Waals surface area (Å²) in [6.07, 6.45) is 0. The van der Waals surface area contributed by atoms with Crippen molar-refractivity contribution in [3.63, 3.8) is 0 Å². The second-order valence-electron chi connectivity index (χ2n) is 5.91. The van der Waals surface area contributed by atoms with Gasteiger partial charge in [0.25, 0.3) is 5.91 Å². The van der Waals surface area contributed by atoms with E-state index in [0.717, 1.165) is 11.4 Å². The molecular weight excluding hydrogens is 342 g/mol. The highest BCUT2D eigenvalue weighted by atomic mass is 16.5. The minimum absolute atomic E-state index is 0.0137. The number of nitrogens with one attached hydrogen (secondary N) is 2. The number of benzene rings is 2. The minimum Gasteiger partial charge on any atom is -0.494 e. The van der Waals surface area contributed by atoms with E-state index in [1.807, 2.05) is 32.9 Å². The molecule has 2 aromatic carbocycles. The quantitative estimate of drug-likeness (QED) is 0.708. The van der Waals surface area contributed by atoms with Crippen LogP contribution in [0.4, 0.5) is 11.4 Å². The van der Waals surface area contributed by atoms with Gasteiger partial charge in [0.2, 0.25) is 5.91 Å². The number of anilines is 2. The molecule has 0 bridgehead atoms. The van der Waals surface area contributed by atoms with Gasteiger partial charge in [-0.05, 0) is 69.3 Å². The van der Waals surface area contributed by atoms with E-state index in [0.29, 0.717) is 30.9 Å². The maximum atomic E-state index is 12.3. The molecule has 0 aliphatic heterocycles. The predicted molar refractivity (Wildman–Crippen MR) is 108 cm³/mol. The van der Waals surface area contributed by atoms with Crippen molar-refractivity contribution in [3.8, 4) is 5.75 Å². The smallest absolute Gasteiger partial charge is 0.253 e. The van der Waals surface area contributed by atoms with E-state index in [2.05, 4.69) is 10.6 Å². The molecule has 0 unspecified atom stereocenters. The van der Waals surface area contributed by atoms with Gasteiger partial charge in [0.1, 0.15) is 5.75 Å². The second-order valence-corrected chi connectivity index (χ2v) is 5.91. The third kappa shape index (κ3) is 6.02. The molecule has 0 saturated heterocycles. The van der Waals surface area contributed by atoms with Crippen LogP contribution < -0.4 is 15.4 Å². The Morgan fingerprint density at radius 3 is 2.04 bits per heavy atom. The van der Waals surface area contributed by atoms with Gasteiger partial charge in [-0.2, -0.15) is 0 Å². The van der Waals surface area contributed by atoms with Gasteiger partial charge in [0.15, 0.2) is 0 Å². The normalized spacial score (nSPS) is 10.2. The molecule has 0 radical (unpaired) electrons. The summed E-state index contributed by atoms with van der Waals surface area (Å²) < 4.78 is 5.37. The first-order valence-corrected chi connectivity index (χ1v) is 9.23. The molecule has 2 N–H and O–H groups in total. The number of carbonyl (C=O) groups is 2. The molecule has 27 heavy (non-hydrogen) atoms. The number of amides is 2. The second kappa shape index (κ2) is 10.2. The first-order chi connectivity index (χ1) is 13.1. The Kier molecular flexibility index (Phi) is 7.67. The Morgan fingerprint density at radius 1 is 0.889 bits per heavy atom. The maximum absolute atomic E-state index is 12.3. The highest BCUT2D eigenvalue weighted by molar-refractivity contribution is 5.95. The fraction of sp³-hybridized carbons (Fsp3) is 0.333. The van der Waals surface area contributed by atoms with Gasteiger partial charge >= 0.3 is 0 Å². The molecule has 0 atom stereocenters. The summed E-state index contributed by atoms with van der Waals surface area (Å²) in [4.78, 5) is 26.1. The topological polar surface area (TPSA) is 70.7 Å². The van der Waals surface area contributed by atoms with E-state index in [4.69, 9.17) is 4.74 Å². The molecule has 6 nitrogen and oxygen atoms in total. The van der Waals surface area contributed by atoms with Gasteiger partial charge in [0, 0.05) is 30.0 Å². The van der Waals surface area contributed by atoms with Crippen LogP contribution in [0.15, 0.2) is 48.5 Å². The van der Waals surface area contributed by atoms with Crippen LogP contribution >= 0.6 is 0 Å². The number of hydrogen-bond acceptors (Lipinski definition) is 4. The van der Waals surface area contributed by atoms with E-state index in [1.165, 1.54) is 0 Å². The van der Waals surface area contributed by atoms with Crippen LogP contribution in [0.1, 0.15) is 31.1 Å². The van der Waals surface area contributed by atoms with Crippen LogP contribution in [0.25, 0.3) is 0 Å². The highest BCUT2D eigenvalue weighted by Crippen LogP contribution is 2.16. The van der Waals surface area contributed by atoms with Gasteiger partial charge in [-0.3, -0.25) is 9.59 Å². The molecule has 0 heterocycles. The number of ether oxygens (including phenoxy) is 1. The molecule has 2 amide bonds. The van der Waals surface area contributed by atoms with Crippen molar-refractivity contribution in [2.45, 2.75) is 20.8 Å². The SMILES string of the molecule is CCOc1ccc(NC(=O)CNc2ccc(C(=O)N(CC)CC)cc2)cc1. The van der Waals surface area contributed by atoms with E-state index in [1.54, 1.807) is 41.3 Å². The third-order valence-corrected chi connectivity index (χ3v) is 4.08. The summed E-state index contributed by atoms with van der Waals surface area (Å²) >= 11 is 0. The summed E-state index contributed by atoms with van der Waals surface area (Å²) in [6, 6.07) is 14.4. The molecule has 0 fully saturated rings. The number of rotatable bonds is 9. The van der Waals surface area contributed by atoms with E-state index in [9.17, 15) is 9.59 Å². The first kappa shape index (κ1) is 20.3. The average Bonchev–Trinajstić information content (AvgIpc) is 2.69. The molecule has 0 aliphatic rings. The van der Waals surface area contributed by atoms with Crippen molar-refractivity contribution >= 4 is 23.2 Å². The molecule has 0 aromatic heterocycles. The lowest BCUT2D eigenvalue weighted by Crippen LogP contribution is -2.30. The Bertz CT molecular complexity index is 738. The molecule has 0 aliphatic carbocycles. The molecule has 0 saturated carbocycles. The Balaban J connectivity index is 1.85. The highest BCUT2D eigenvalue weighted by Gasteiger charge is 2.12. The van der Waals surface area contributed by atoms with Gasteiger partial charge in [-0.1, -0.05) is 0 Å². The monoisotopic (exact) mass is 369 g/mol. The lowest BCUT2D eigenvalue weighted by molar-refractivity contribution is -0.114. The molecule has 144 valence electrons. The van der Waals surface area contributed by atoms with Crippen molar-refractivity contribution in [2.75, 3.05) is 36.9 Å². The van der Waals surface area contributed by atoms with Gasteiger partial charge in [-0.25, -0.2) is 0 Å². The van der Waals surface area contributed by atoms with E-state index >= 15 is 0 Å². The van der Waals surface area contributed by atoms with Crippen molar-refractivity contribution in [1.29, 1.82) is 0 Å². The Labute approximate surface area is 160 Å². The average molecular weight is 369 g/mol. The van der Waals surface area contributed by atoms with Gasteiger partial charge < -0.3 is 20.3 Å². The zero-order valence-electron chi connectivity index (χ0n) is 16.1. The number of carbonyl (C=O) groups excluding carboxylic acids is 2. The van der Waals surface area contributed by atoms with Gasteiger partial charge in [-0.15, -0.1) is 0 Å². The fourth-order valence-corrected chi connectivity index (χ4v) is 2.61. The first-order valence-electron chi connectivity index (χ1n) is 9.23. The van der Waals surface area contributed by atoms with Crippen LogP contribution in [0.2, 0.25) is 0 Å². The minimum atomic E-state index is -0.151. The summed E-state index contributed by atoms with van der Waals surface area (Å²) in [5.74, 6) is 0.634. The van der Waals surface area contributed by atoms with Crippen LogP contribution in [0, 0.1) is 0 Å². The van der Waals surface area contributed by atoms with Crippen LogP contribution in [-0.4, -0.2) is 43.0 Å². The lowest BCUT2D eigenvalue weighted by atomic mass is 10.1. The van der Waals surface area contributed by atoms with Crippen molar-refractivity contribution in [3.05, 3.63) is 54.1 Å². The fourth-order valence-electron chi connectivity index (χ4n) is 2.61. The number of hydrogen-bond donors (Lipinski definition) is 2. The summed E-state index contributed by atoms with van der Waals surface area (Å²) in [5, 5.41) is 5.88. The summed E-state index contributed by atoms with van der Waals surface area (Å²) in [7, 11) is 0. The maximum Gasteiger partial charge on any atom is 0.253 e. The van der Waals surface area contributed by atoms with Crippen LogP contribution in [-0.2, 0) is 4.79 Å². The Morgan fingerprint density at radius 2 is 1.48 bits per heavy atom. The predicted octanol–water partition coefficient (Wildman–Crippen LogP) is 3.62.